The number of aromatic nitrogens is 1. The highest BCUT2D eigenvalue weighted by atomic mass is 19.1. The summed E-state index contributed by atoms with van der Waals surface area (Å²) in [5.41, 5.74) is 1.68. The fourth-order valence-corrected chi connectivity index (χ4v) is 3.06. The highest BCUT2D eigenvalue weighted by Gasteiger charge is 2.24. The first kappa shape index (κ1) is 22.0. The van der Waals surface area contributed by atoms with Gasteiger partial charge in [-0.15, -0.1) is 0 Å². The first-order chi connectivity index (χ1) is 14.8. The average molecular weight is 421 g/mol. The zero-order chi connectivity index (χ0) is 22.4. The summed E-state index contributed by atoms with van der Waals surface area (Å²) in [6.07, 6.45) is 1.72. The molecule has 160 valence electrons. The average Bonchev–Trinajstić information content (AvgIpc) is 2.75. The van der Waals surface area contributed by atoms with Crippen LogP contribution in [0.2, 0.25) is 0 Å². The van der Waals surface area contributed by atoms with E-state index >= 15 is 0 Å². The van der Waals surface area contributed by atoms with Crippen LogP contribution in [0.1, 0.15) is 29.8 Å². The monoisotopic (exact) mass is 421 g/mol. The maximum Gasteiger partial charge on any atom is 0.251 e. The summed E-state index contributed by atoms with van der Waals surface area (Å²) < 4.78 is 14.7. The van der Waals surface area contributed by atoms with Crippen molar-refractivity contribution in [3.63, 3.8) is 0 Å². The highest BCUT2D eigenvalue weighted by Crippen LogP contribution is 2.13. The number of benzene rings is 2. The summed E-state index contributed by atoms with van der Waals surface area (Å²) in [7, 11) is 0. The Morgan fingerprint density at radius 1 is 0.968 bits per heavy atom. The largest absolute Gasteiger partial charge is 0.340 e. The molecule has 0 aliphatic rings. The molecule has 0 fully saturated rings. The van der Waals surface area contributed by atoms with Crippen LogP contribution in [-0.4, -0.2) is 22.4 Å². The van der Waals surface area contributed by atoms with Gasteiger partial charge in [0.15, 0.2) is 0 Å². The van der Waals surface area contributed by atoms with Crippen LogP contribution in [-0.2, 0) is 11.3 Å². The normalized spacial score (nSPS) is 11.7. The number of amides is 2. The van der Waals surface area contributed by atoms with Crippen molar-refractivity contribution in [3.8, 4) is 0 Å². The third kappa shape index (κ3) is 5.88. The minimum Gasteiger partial charge on any atom is -0.340 e. The quantitative estimate of drug-likeness (QED) is 0.613. The highest BCUT2D eigenvalue weighted by molar-refractivity contribution is 6.01. The van der Waals surface area contributed by atoms with Gasteiger partial charge >= 0.3 is 0 Å². The number of hydrogen-bond acceptors (Lipinski definition) is 3. The minimum absolute atomic E-state index is 0.0865. The minimum atomic E-state index is -0.764. The van der Waals surface area contributed by atoms with Crippen LogP contribution < -0.4 is 16.2 Å². The molecule has 0 spiro atoms. The maximum atomic E-state index is 13.1. The Morgan fingerprint density at radius 3 is 2.26 bits per heavy atom. The molecule has 0 aliphatic heterocycles. The fraction of sp³-hybridized carbons (Fsp3) is 0.208. The molecule has 6 nitrogen and oxygen atoms in total. The summed E-state index contributed by atoms with van der Waals surface area (Å²) >= 11 is 0. The van der Waals surface area contributed by atoms with E-state index in [0.29, 0.717) is 12.2 Å². The van der Waals surface area contributed by atoms with E-state index in [1.54, 1.807) is 35.0 Å². The standard InChI is InChI=1S/C24H24FN3O3/c1-16(2)22(27-23(30)18-8-10-19(25)11-9-18)24(31)26-20-12-6-17(7-13-20)15-28-14-4-3-5-21(28)29/h3-14,16,22H,15H2,1-2H3,(H,26,31)(H,27,30)/t22-/m0/s1. The van der Waals surface area contributed by atoms with E-state index in [9.17, 15) is 18.8 Å². The van der Waals surface area contributed by atoms with Crippen LogP contribution in [0.3, 0.4) is 0 Å². The molecule has 0 aliphatic carbocycles. The number of halogens is 1. The molecule has 2 aromatic carbocycles. The van der Waals surface area contributed by atoms with Crippen LogP contribution in [0.5, 0.6) is 0 Å². The van der Waals surface area contributed by atoms with Gasteiger partial charge in [0, 0.05) is 23.5 Å². The zero-order valence-electron chi connectivity index (χ0n) is 17.3. The van der Waals surface area contributed by atoms with Gasteiger partial charge in [0.05, 0.1) is 6.54 Å². The summed E-state index contributed by atoms with van der Waals surface area (Å²) in [6, 6.07) is 16.5. The molecule has 0 saturated carbocycles. The van der Waals surface area contributed by atoms with Crippen molar-refractivity contribution in [2.24, 2.45) is 5.92 Å². The zero-order valence-corrected chi connectivity index (χ0v) is 17.3. The summed E-state index contributed by atoms with van der Waals surface area (Å²) in [5, 5.41) is 5.52. The lowest BCUT2D eigenvalue weighted by Crippen LogP contribution is -2.47. The van der Waals surface area contributed by atoms with Gasteiger partial charge in [0.25, 0.3) is 11.5 Å². The molecule has 2 N–H and O–H groups in total. The van der Waals surface area contributed by atoms with Crippen molar-refractivity contribution in [1.29, 1.82) is 0 Å². The number of carbonyl (C=O) groups is 2. The number of pyridine rings is 1. The molecule has 0 bridgehead atoms. The number of anilines is 1. The number of nitrogens with one attached hydrogen (secondary N) is 2. The third-order valence-electron chi connectivity index (χ3n) is 4.82. The molecule has 2 amide bonds. The molecule has 31 heavy (non-hydrogen) atoms. The molecule has 0 saturated heterocycles. The van der Waals surface area contributed by atoms with E-state index in [2.05, 4.69) is 10.6 Å². The number of carbonyl (C=O) groups excluding carboxylic acids is 2. The van der Waals surface area contributed by atoms with Crippen molar-refractivity contribution < 1.29 is 14.0 Å². The molecule has 3 aromatic rings. The first-order valence-corrected chi connectivity index (χ1v) is 9.95. The Morgan fingerprint density at radius 2 is 1.65 bits per heavy atom. The van der Waals surface area contributed by atoms with Crippen LogP contribution >= 0.6 is 0 Å². The molecular formula is C24H24FN3O3. The molecule has 0 unspecified atom stereocenters. The predicted molar refractivity (Wildman–Crippen MR) is 117 cm³/mol. The molecule has 3 rings (SSSR count). The second-order valence-electron chi connectivity index (χ2n) is 7.55. The summed E-state index contributed by atoms with van der Waals surface area (Å²) in [4.78, 5) is 37.0. The number of nitrogens with zero attached hydrogens (tertiary/aromatic N) is 1. The Hall–Kier alpha value is -3.74. The second-order valence-corrected chi connectivity index (χ2v) is 7.55. The van der Waals surface area contributed by atoms with Crippen LogP contribution in [0.25, 0.3) is 0 Å². The Balaban J connectivity index is 1.65. The Kier molecular flexibility index (Phi) is 6.97. The van der Waals surface area contributed by atoms with E-state index < -0.39 is 17.8 Å². The van der Waals surface area contributed by atoms with Crippen molar-refractivity contribution in [2.45, 2.75) is 26.4 Å². The number of rotatable bonds is 7. The molecule has 1 atom stereocenters. The van der Waals surface area contributed by atoms with Gasteiger partial charge in [-0.2, -0.15) is 0 Å². The molecule has 1 heterocycles. The van der Waals surface area contributed by atoms with Crippen molar-refractivity contribution >= 4 is 17.5 Å². The summed E-state index contributed by atoms with van der Waals surface area (Å²) in [6.45, 7) is 4.09. The topological polar surface area (TPSA) is 80.2 Å². The van der Waals surface area contributed by atoms with Crippen LogP contribution in [0.15, 0.2) is 77.7 Å². The maximum absolute atomic E-state index is 13.1. The van der Waals surface area contributed by atoms with Crippen molar-refractivity contribution in [3.05, 3.63) is 100 Å². The Labute approximate surface area is 179 Å². The van der Waals surface area contributed by atoms with E-state index in [4.69, 9.17) is 0 Å². The van der Waals surface area contributed by atoms with Gasteiger partial charge in [-0.1, -0.05) is 32.0 Å². The van der Waals surface area contributed by atoms with E-state index in [1.807, 2.05) is 26.0 Å². The molecule has 7 heteroatoms. The van der Waals surface area contributed by atoms with E-state index in [1.165, 1.54) is 30.3 Å². The van der Waals surface area contributed by atoms with Crippen molar-refractivity contribution in [2.75, 3.05) is 5.32 Å². The van der Waals surface area contributed by atoms with Crippen molar-refractivity contribution in [1.82, 2.24) is 9.88 Å². The van der Waals surface area contributed by atoms with Gasteiger partial charge in [0.1, 0.15) is 11.9 Å². The number of hydrogen-bond donors (Lipinski definition) is 2. The third-order valence-corrected chi connectivity index (χ3v) is 4.82. The van der Waals surface area contributed by atoms with Gasteiger partial charge in [-0.25, -0.2) is 4.39 Å². The second kappa shape index (κ2) is 9.84. The molecular weight excluding hydrogens is 397 g/mol. The van der Waals surface area contributed by atoms with Gasteiger partial charge in [0.2, 0.25) is 5.91 Å². The predicted octanol–water partition coefficient (Wildman–Crippen LogP) is 3.43. The van der Waals surface area contributed by atoms with E-state index in [-0.39, 0.29) is 22.9 Å². The SMILES string of the molecule is CC(C)[C@H](NC(=O)c1ccc(F)cc1)C(=O)Nc1ccc(Cn2ccccc2=O)cc1. The molecule has 1 aromatic heterocycles. The fourth-order valence-electron chi connectivity index (χ4n) is 3.06. The lowest BCUT2D eigenvalue weighted by molar-refractivity contribution is -0.118. The summed E-state index contributed by atoms with van der Waals surface area (Å²) in [5.74, 6) is -1.39. The van der Waals surface area contributed by atoms with Crippen LogP contribution in [0, 0.1) is 11.7 Å². The van der Waals surface area contributed by atoms with Gasteiger partial charge < -0.3 is 15.2 Å². The molecule has 0 radical (unpaired) electrons. The Bertz CT molecular complexity index is 1110. The lowest BCUT2D eigenvalue weighted by Gasteiger charge is -2.22. The van der Waals surface area contributed by atoms with E-state index in [0.717, 1.165) is 5.56 Å². The van der Waals surface area contributed by atoms with Crippen LogP contribution in [0.4, 0.5) is 10.1 Å². The van der Waals surface area contributed by atoms with Gasteiger partial charge in [-0.3, -0.25) is 14.4 Å². The lowest BCUT2D eigenvalue weighted by atomic mass is 10.0. The van der Waals surface area contributed by atoms with Gasteiger partial charge in [-0.05, 0) is 53.9 Å². The first-order valence-electron chi connectivity index (χ1n) is 9.95. The smallest absolute Gasteiger partial charge is 0.251 e.